The van der Waals surface area contributed by atoms with Crippen LogP contribution in [0.5, 0.6) is 0 Å². The summed E-state index contributed by atoms with van der Waals surface area (Å²) in [4.78, 5) is 4.09. The van der Waals surface area contributed by atoms with E-state index in [9.17, 15) is 4.39 Å². The van der Waals surface area contributed by atoms with Crippen molar-refractivity contribution in [1.29, 1.82) is 0 Å². The standard InChI is InChI=1S/C12H10ClFN2/c1-7-12(15)4-8(6-16-7)10-3-2-9(13)5-11(10)14/h2-6H,15H2,1H3. The Morgan fingerprint density at radius 3 is 2.69 bits per heavy atom. The molecule has 0 aliphatic rings. The minimum absolute atomic E-state index is 0.370. The van der Waals surface area contributed by atoms with Crippen molar-refractivity contribution >= 4 is 17.3 Å². The Balaban J connectivity index is 2.54. The van der Waals surface area contributed by atoms with Crippen molar-refractivity contribution in [2.45, 2.75) is 6.92 Å². The van der Waals surface area contributed by atoms with Gasteiger partial charge in [-0.2, -0.15) is 0 Å². The maximum atomic E-state index is 13.6. The molecule has 0 aliphatic heterocycles. The number of hydrogen-bond acceptors (Lipinski definition) is 2. The van der Waals surface area contributed by atoms with Crippen molar-refractivity contribution in [3.8, 4) is 11.1 Å². The molecule has 0 unspecified atom stereocenters. The van der Waals surface area contributed by atoms with Gasteiger partial charge in [-0.15, -0.1) is 0 Å². The predicted octanol–water partition coefficient (Wildman–Crippen LogP) is 3.43. The Morgan fingerprint density at radius 1 is 1.31 bits per heavy atom. The zero-order chi connectivity index (χ0) is 11.7. The van der Waals surface area contributed by atoms with Gasteiger partial charge in [-0.3, -0.25) is 4.98 Å². The molecule has 0 aliphatic carbocycles. The highest BCUT2D eigenvalue weighted by atomic mass is 35.5. The molecule has 0 radical (unpaired) electrons. The Labute approximate surface area is 97.9 Å². The molecule has 1 aromatic heterocycles. The van der Waals surface area contributed by atoms with Crippen molar-refractivity contribution in [1.82, 2.24) is 4.98 Å². The summed E-state index contributed by atoms with van der Waals surface area (Å²) in [6.45, 7) is 1.80. The zero-order valence-electron chi connectivity index (χ0n) is 8.67. The molecule has 4 heteroatoms. The maximum absolute atomic E-state index is 13.6. The molecule has 0 spiro atoms. The van der Waals surface area contributed by atoms with Gasteiger partial charge in [0.1, 0.15) is 5.82 Å². The minimum Gasteiger partial charge on any atom is -0.397 e. The predicted molar refractivity (Wildman–Crippen MR) is 63.8 cm³/mol. The summed E-state index contributed by atoms with van der Waals surface area (Å²) < 4.78 is 13.6. The average molecular weight is 237 g/mol. The number of pyridine rings is 1. The Bertz CT molecular complexity index is 541. The van der Waals surface area contributed by atoms with E-state index in [0.29, 0.717) is 21.8 Å². The van der Waals surface area contributed by atoms with E-state index in [2.05, 4.69) is 4.98 Å². The third-order valence-electron chi connectivity index (χ3n) is 2.37. The fourth-order valence-corrected chi connectivity index (χ4v) is 1.58. The average Bonchev–Trinajstić information content (AvgIpc) is 2.22. The van der Waals surface area contributed by atoms with Gasteiger partial charge in [0.2, 0.25) is 0 Å². The second kappa shape index (κ2) is 4.10. The molecular formula is C12H10ClFN2. The lowest BCUT2D eigenvalue weighted by Gasteiger charge is -2.06. The van der Waals surface area contributed by atoms with Gasteiger partial charge in [0.05, 0.1) is 11.4 Å². The van der Waals surface area contributed by atoms with E-state index in [1.54, 1.807) is 31.3 Å². The third kappa shape index (κ3) is 1.99. The van der Waals surface area contributed by atoms with Crippen LogP contribution in [0, 0.1) is 12.7 Å². The number of halogens is 2. The summed E-state index contributed by atoms with van der Waals surface area (Å²) in [6.07, 6.45) is 1.60. The molecule has 0 saturated heterocycles. The number of rotatable bonds is 1. The van der Waals surface area contributed by atoms with E-state index in [-0.39, 0.29) is 5.82 Å². The van der Waals surface area contributed by atoms with E-state index in [1.165, 1.54) is 6.07 Å². The van der Waals surface area contributed by atoms with Crippen molar-refractivity contribution in [2.24, 2.45) is 0 Å². The van der Waals surface area contributed by atoms with Gasteiger partial charge in [0.25, 0.3) is 0 Å². The molecule has 0 amide bonds. The van der Waals surface area contributed by atoms with E-state index in [0.717, 1.165) is 5.69 Å². The molecule has 16 heavy (non-hydrogen) atoms. The topological polar surface area (TPSA) is 38.9 Å². The second-order valence-corrected chi connectivity index (χ2v) is 3.96. The van der Waals surface area contributed by atoms with Gasteiger partial charge in [-0.25, -0.2) is 4.39 Å². The van der Waals surface area contributed by atoms with Crippen LogP contribution in [-0.2, 0) is 0 Å². The molecule has 0 atom stereocenters. The molecule has 0 fully saturated rings. The second-order valence-electron chi connectivity index (χ2n) is 3.52. The molecule has 2 rings (SSSR count). The van der Waals surface area contributed by atoms with E-state index < -0.39 is 0 Å². The number of nitrogen functional groups attached to an aromatic ring is 1. The maximum Gasteiger partial charge on any atom is 0.132 e. The molecule has 0 bridgehead atoms. The lowest BCUT2D eigenvalue weighted by atomic mass is 10.1. The van der Waals surface area contributed by atoms with Crippen molar-refractivity contribution in [3.63, 3.8) is 0 Å². The summed E-state index contributed by atoms with van der Waals surface area (Å²) in [5.41, 5.74) is 8.11. The Morgan fingerprint density at radius 2 is 2.06 bits per heavy atom. The first-order valence-electron chi connectivity index (χ1n) is 4.75. The molecule has 1 aromatic carbocycles. The monoisotopic (exact) mass is 236 g/mol. The number of benzene rings is 1. The number of nitrogens with zero attached hydrogens (tertiary/aromatic N) is 1. The highest BCUT2D eigenvalue weighted by Gasteiger charge is 2.07. The van der Waals surface area contributed by atoms with Crippen molar-refractivity contribution < 1.29 is 4.39 Å². The lowest BCUT2D eigenvalue weighted by Crippen LogP contribution is -1.94. The lowest BCUT2D eigenvalue weighted by molar-refractivity contribution is 0.631. The highest BCUT2D eigenvalue weighted by molar-refractivity contribution is 6.30. The van der Waals surface area contributed by atoms with Crippen LogP contribution in [0.25, 0.3) is 11.1 Å². The molecule has 1 heterocycles. The number of anilines is 1. The largest absolute Gasteiger partial charge is 0.397 e. The molecule has 2 nitrogen and oxygen atoms in total. The minimum atomic E-state index is -0.377. The van der Waals surface area contributed by atoms with Crippen LogP contribution in [0.2, 0.25) is 5.02 Å². The van der Waals surface area contributed by atoms with Gasteiger partial charge in [-0.05, 0) is 31.2 Å². The fraction of sp³-hybridized carbons (Fsp3) is 0.0833. The van der Waals surface area contributed by atoms with Crippen LogP contribution in [0.15, 0.2) is 30.5 Å². The van der Waals surface area contributed by atoms with E-state index >= 15 is 0 Å². The van der Waals surface area contributed by atoms with Gasteiger partial charge >= 0.3 is 0 Å². The quantitative estimate of drug-likeness (QED) is 0.824. The molecular weight excluding hydrogens is 227 g/mol. The SMILES string of the molecule is Cc1ncc(-c2ccc(Cl)cc2F)cc1N. The van der Waals surface area contributed by atoms with Crippen LogP contribution in [0.1, 0.15) is 5.69 Å². The van der Waals surface area contributed by atoms with E-state index in [1.807, 2.05) is 0 Å². The van der Waals surface area contributed by atoms with Gasteiger partial charge in [0, 0.05) is 22.3 Å². The first kappa shape index (κ1) is 10.9. The molecule has 0 saturated carbocycles. The number of nitrogens with two attached hydrogens (primary N) is 1. The molecule has 2 N–H and O–H groups in total. The van der Waals surface area contributed by atoms with Gasteiger partial charge in [-0.1, -0.05) is 11.6 Å². The van der Waals surface area contributed by atoms with Crippen LogP contribution in [0.4, 0.5) is 10.1 Å². The zero-order valence-corrected chi connectivity index (χ0v) is 9.42. The van der Waals surface area contributed by atoms with Crippen LogP contribution < -0.4 is 5.73 Å². The van der Waals surface area contributed by atoms with Crippen molar-refractivity contribution in [2.75, 3.05) is 5.73 Å². The summed E-state index contributed by atoms with van der Waals surface area (Å²) in [6, 6.07) is 6.22. The first-order valence-corrected chi connectivity index (χ1v) is 5.13. The number of aromatic nitrogens is 1. The molecule has 2 aromatic rings. The highest BCUT2D eigenvalue weighted by Crippen LogP contribution is 2.26. The third-order valence-corrected chi connectivity index (χ3v) is 2.60. The normalized spacial score (nSPS) is 10.4. The van der Waals surface area contributed by atoms with Crippen molar-refractivity contribution in [3.05, 3.63) is 47.0 Å². The first-order chi connectivity index (χ1) is 7.58. The summed E-state index contributed by atoms with van der Waals surface area (Å²) in [5, 5.41) is 0.370. The van der Waals surface area contributed by atoms with Crippen LogP contribution >= 0.6 is 11.6 Å². The van der Waals surface area contributed by atoms with Crippen LogP contribution in [0.3, 0.4) is 0 Å². The Kier molecular flexibility index (Phi) is 2.79. The fourth-order valence-electron chi connectivity index (χ4n) is 1.42. The summed E-state index contributed by atoms with van der Waals surface area (Å²) in [7, 11) is 0. The van der Waals surface area contributed by atoms with Gasteiger partial charge in [0.15, 0.2) is 0 Å². The Hall–Kier alpha value is -1.61. The number of hydrogen-bond donors (Lipinski definition) is 1. The van der Waals surface area contributed by atoms with Gasteiger partial charge < -0.3 is 5.73 Å². The summed E-state index contributed by atoms with van der Waals surface area (Å²) in [5.74, 6) is -0.377. The summed E-state index contributed by atoms with van der Waals surface area (Å²) >= 11 is 5.68. The van der Waals surface area contributed by atoms with Crippen LogP contribution in [-0.4, -0.2) is 4.98 Å². The number of aryl methyl sites for hydroxylation is 1. The van der Waals surface area contributed by atoms with E-state index in [4.69, 9.17) is 17.3 Å². The smallest absolute Gasteiger partial charge is 0.132 e. The molecule has 82 valence electrons.